The minimum Gasteiger partial charge on any atom is -0.390 e. The van der Waals surface area contributed by atoms with Gasteiger partial charge in [0.15, 0.2) is 11.2 Å². The molecular formula is C19H26N9O10P. The quantitative estimate of drug-likeness (QED) is 0.174. The largest absolute Gasteiger partial charge is 0.472 e. The average Bonchev–Trinajstić information content (AvgIpc) is 3.55. The summed E-state index contributed by atoms with van der Waals surface area (Å²) in [6.45, 7) is -0.519. The molecule has 0 amide bonds. The van der Waals surface area contributed by atoms with Crippen LogP contribution >= 0.6 is 7.82 Å². The van der Waals surface area contributed by atoms with Crippen molar-refractivity contribution in [1.82, 2.24) is 34.1 Å². The van der Waals surface area contributed by atoms with Crippen LogP contribution in [0.25, 0.3) is 11.2 Å². The number of hydrogen-bond donors (Lipinski definition) is 5. The van der Waals surface area contributed by atoms with E-state index in [1.807, 2.05) is 0 Å². The summed E-state index contributed by atoms with van der Waals surface area (Å²) in [4.78, 5) is 52.3. The van der Waals surface area contributed by atoms with Crippen molar-refractivity contribution in [2.24, 2.45) is 0 Å². The average molecular weight is 571 g/mol. The van der Waals surface area contributed by atoms with E-state index in [9.17, 15) is 24.2 Å². The zero-order valence-electron chi connectivity index (χ0n) is 20.4. The fraction of sp³-hybridized carbons (Fsp3) is 0.579. The molecule has 0 radical (unpaired) electrons. The van der Waals surface area contributed by atoms with E-state index >= 15 is 0 Å². The van der Waals surface area contributed by atoms with Gasteiger partial charge in [-0.3, -0.25) is 28.0 Å². The summed E-state index contributed by atoms with van der Waals surface area (Å²) in [5, 5.41) is 10.3. The maximum Gasteiger partial charge on any atom is 0.472 e. The van der Waals surface area contributed by atoms with Gasteiger partial charge < -0.3 is 35.7 Å². The van der Waals surface area contributed by atoms with Gasteiger partial charge in [-0.1, -0.05) is 0 Å². The van der Waals surface area contributed by atoms with Crippen LogP contribution in [0.1, 0.15) is 25.3 Å². The lowest BCUT2D eigenvalue weighted by Crippen LogP contribution is -2.30. The highest BCUT2D eigenvalue weighted by Gasteiger charge is 2.43. The summed E-state index contributed by atoms with van der Waals surface area (Å²) < 4.78 is 42.5. The highest BCUT2D eigenvalue weighted by Crippen LogP contribution is 2.49. The van der Waals surface area contributed by atoms with Crippen molar-refractivity contribution >= 4 is 30.9 Å². The zero-order valence-corrected chi connectivity index (χ0v) is 21.3. The number of hydrogen-bond acceptors (Lipinski definition) is 15. The lowest BCUT2D eigenvalue weighted by atomic mass is 10.2. The molecule has 2 aliphatic rings. The first-order chi connectivity index (χ1) is 18.5. The van der Waals surface area contributed by atoms with E-state index in [4.69, 9.17) is 34.7 Å². The van der Waals surface area contributed by atoms with Crippen molar-refractivity contribution < 1.29 is 37.8 Å². The Morgan fingerprint density at radius 2 is 1.82 bits per heavy atom. The van der Waals surface area contributed by atoms with Crippen LogP contribution in [0.5, 0.6) is 0 Å². The number of phosphoric acid groups is 1. The summed E-state index contributed by atoms with van der Waals surface area (Å²) in [6, 6.07) is 0. The maximum absolute atomic E-state index is 12.8. The Labute approximate surface area is 218 Å². The molecule has 0 saturated carbocycles. The molecule has 5 rings (SSSR count). The van der Waals surface area contributed by atoms with E-state index in [2.05, 4.69) is 24.9 Å². The molecule has 7 atom stereocenters. The van der Waals surface area contributed by atoms with Gasteiger partial charge in [-0.15, -0.1) is 0 Å². The number of imidazole rings is 1. The number of anilines is 2. The third kappa shape index (κ3) is 5.70. The molecule has 3 aromatic heterocycles. The molecule has 2 aliphatic heterocycles. The second-order valence-corrected chi connectivity index (χ2v) is 10.2. The van der Waals surface area contributed by atoms with Crippen LogP contribution in [-0.4, -0.2) is 88.8 Å². The third-order valence-corrected chi connectivity index (χ3v) is 7.22. The number of methoxy groups -OCH3 is 1. The van der Waals surface area contributed by atoms with Crippen molar-refractivity contribution in [3.63, 3.8) is 0 Å². The van der Waals surface area contributed by atoms with Gasteiger partial charge >= 0.3 is 13.5 Å². The Bertz CT molecular complexity index is 1510. The van der Waals surface area contributed by atoms with Gasteiger partial charge in [0.2, 0.25) is 11.9 Å². The maximum atomic E-state index is 12.8. The molecule has 0 bridgehead atoms. The number of phosphoric ester groups is 1. The van der Waals surface area contributed by atoms with Gasteiger partial charge in [0.05, 0.1) is 25.6 Å². The Morgan fingerprint density at radius 3 is 2.56 bits per heavy atom. The van der Waals surface area contributed by atoms with E-state index in [0.29, 0.717) is 0 Å². The minimum absolute atomic E-state index is 0.00842. The molecule has 2 unspecified atom stereocenters. The molecule has 39 heavy (non-hydrogen) atoms. The number of aromatic nitrogens is 7. The molecule has 3 aromatic rings. The van der Waals surface area contributed by atoms with E-state index in [1.165, 1.54) is 18.0 Å². The second kappa shape index (κ2) is 10.7. The fourth-order valence-corrected chi connectivity index (χ4v) is 5.37. The number of aromatic amines is 1. The van der Waals surface area contributed by atoms with Crippen LogP contribution in [0.15, 0.2) is 22.2 Å². The monoisotopic (exact) mass is 571 g/mol. The van der Waals surface area contributed by atoms with Gasteiger partial charge in [-0.05, 0) is 0 Å². The molecule has 0 spiro atoms. The lowest BCUT2D eigenvalue weighted by Gasteiger charge is -2.22. The van der Waals surface area contributed by atoms with Gasteiger partial charge in [0, 0.05) is 20.0 Å². The second-order valence-electron chi connectivity index (χ2n) is 8.84. The van der Waals surface area contributed by atoms with E-state index in [1.54, 1.807) is 0 Å². The van der Waals surface area contributed by atoms with Gasteiger partial charge in [0.25, 0.3) is 5.56 Å². The van der Waals surface area contributed by atoms with Crippen molar-refractivity contribution in [3.05, 3.63) is 33.5 Å². The van der Waals surface area contributed by atoms with Crippen LogP contribution in [0, 0.1) is 0 Å². The summed E-state index contributed by atoms with van der Waals surface area (Å²) >= 11 is 0. The van der Waals surface area contributed by atoms with Crippen LogP contribution in [-0.2, 0) is 27.8 Å². The topological polar surface area (TPSA) is 267 Å². The number of rotatable bonds is 9. The predicted molar refractivity (Wildman–Crippen MR) is 129 cm³/mol. The number of nitrogen functional groups attached to an aromatic ring is 2. The number of aliphatic hydroxyl groups is 1. The number of aliphatic hydroxyl groups excluding tert-OH is 1. The minimum atomic E-state index is -4.71. The van der Waals surface area contributed by atoms with Crippen molar-refractivity contribution in [1.29, 1.82) is 0 Å². The fourth-order valence-electron chi connectivity index (χ4n) is 4.41. The molecule has 5 heterocycles. The van der Waals surface area contributed by atoms with Crippen LogP contribution in [0.3, 0.4) is 0 Å². The molecule has 212 valence electrons. The standard InChI is InChI=1S/C19H26N9O10P/c1-34-4-11-9(3-13(37-11)27-6-22-14-15(27)24-18(21)25-16(14)30)38-39(32,33)35-5-10-8(29)2-12(36-10)28-7-23-17(20)26-19(28)31/h6-13,29H,2-5H2,1H3,(H,32,33)(H2,20,26,31)(H3,21,24,25,30)/t8-,9?,10-,11-,12-,13-/m1/s1. The molecule has 0 aromatic carbocycles. The Balaban J connectivity index is 1.24. The van der Waals surface area contributed by atoms with Crippen LogP contribution < -0.4 is 22.7 Å². The number of nitrogens with one attached hydrogen (secondary N) is 1. The third-order valence-electron chi connectivity index (χ3n) is 6.20. The molecule has 20 heteroatoms. The first kappa shape index (κ1) is 27.3. The van der Waals surface area contributed by atoms with Crippen LogP contribution in [0.2, 0.25) is 0 Å². The van der Waals surface area contributed by atoms with E-state index in [-0.39, 0.29) is 42.5 Å². The lowest BCUT2D eigenvalue weighted by molar-refractivity contribution is -0.0610. The van der Waals surface area contributed by atoms with Crippen molar-refractivity contribution in [2.45, 2.75) is 49.7 Å². The number of nitrogens with two attached hydrogens (primary N) is 2. The van der Waals surface area contributed by atoms with Gasteiger partial charge in [-0.2, -0.15) is 9.97 Å². The molecule has 7 N–H and O–H groups in total. The Hall–Kier alpha value is -3.29. The number of H-pyrrole nitrogens is 1. The number of fused-ring (bicyclic) bond motifs is 1. The van der Waals surface area contributed by atoms with E-state index < -0.39 is 62.6 Å². The first-order valence-corrected chi connectivity index (χ1v) is 13.1. The normalized spacial score (nSPS) is 28.7. The Morgan fingerprint density at radius 1 is 1.10 bits per heavy atom. The molecular weight excluding hydrogens is 545 g/mol. The first-order valence-electron chi connectivity index (χ1n) is 11.6. The highest BCUT2D eigenvalue weighted by molar-refractivity contribution is 7.47. The predicted octanol–water partition coefficient (Wildman–Crippen LogP) is -1.98. The van der Waals surface area contributed by atoms with Crippen molar-refractivity contribution in [3.8, 4) is 0 Å². The molecule has 19 nitrogen and oxygen atoms in total. The smallest absolute Gasteiger partial charge is 0.390 e. The van der Waals surface area contributed by atoms with Gasteiger partial charge in [-0.25, -0.2) is 19.3 Å². The zero-order chi connectivity index (χ0) is 27.9. The molecule has 2 saturated heterocycles. The summed E-state index contributed by atoms with van der Waals surface area (Å²) in [5.74, 6) is -0.331. The summed E-state index contributed by atoms with van der Waals surface area (Å²) in [5.41, 5.74) is 9.97. The van der Waals surface area contributed by atoms with Crippen molar-refractivity contribution in [2.75, 3.05) is 31.8 Å². The molecule has 0 aliphatic carbocycles. The number of ether oxygens (including phenoxy) is 3. The summed E-state index contributed by atoms with van der Waals surface area (Å²) in [6.07, 6.45) is -3.18. The van der Waals surface area contributed by atoms with Crippen LogP contribution in [0.4, 0.5) is 11.9 Å². The SMILES string of the molecule is COC[C@H]1O[C@@H](n2cnc3c(=O)[nH]c(N)nc32)CC1OP(=O)(O)OC[C@H]1O[C@@H](n2cnc(N)nc2=O)C[C@H]1O. The van der Waals surface area contributed by atoms with Gasteiger partial charge in [0.1, 0.15) is 37.1 Å². The van der Waals surface area contributed by atoms with E-state index in [0.717, 1.165) is 10.9 Å². The Kier molecular flexibility index (Phi) is 7.49. The summed E-state index contributed by atoms with van der Waals surface area (Å²) in [7, 11) is -3.29. The molecule has 2 fully saturated rings. The number of nitrogens with zero attached hydrogens (tertiary/aromatic N) is 6. The highest BCUT2D eigenvalue weighted by atomic mass is 31.2.